The van der Waals surface area contributed by atoms with Gasteiger partial charge in [0.05, 0.1) is 17.4 Å². The van der Waals surface area contributed by atoms with E-state index in [0.717, 1.165) is 22.4 Å². The fourth-order valence-corrected chi connectivity index (χ4v) is 5.39. The molecule has 0 saturated heterocycles. The monoisotopic (exact) mass is 589 g/mol. The molecule has 6 nitrogen and oxygen atoms in total. The summed E-state index contributed by atoms with van der Waals surface area (Å²) in [5.41, 5.74) is 3.62. The molecule has 41 heavy (non-hydrogen) atoms. The summed E-state index contributed by atoms with van der Waals surface area (Å²) in [5.74, 6) is 0.147. The van der Waals surface area contributed by atoms with E-state index in [0.29, 0.717) is 28.2 Å². The van der Waals surface area contributed by atoms with Gasteiger partial charge in [-0.1, -0.05) is 84.0 Å². The van der Waals surface area contributed by atoms with Crippen molar-refractivity contribution in [3.8, 4) is 5.69 Å². The molecule has 4 aromatic carbocycles. The molecule has 2 amide bonds. The van der Waals surface area contributed by atoms with Crippen molar-refractivity contribution in [1.82, 2.24) is 20.1 Å². The van der Waals surface area contributed by atoms with Gasteiger partial charge in [0.2, 0.25) is 0 Å². The quantitative estimate of drug-likeness (QED) is 0.171. The molecule has 0 fully saturated rings. The first-order valence-corrected chi connectivity index (χ1v) is 14.2. The minimum absolute atomic E-state index is 0.0613. The van der Waals surface area contributed by atoms with Crippen molar-refractivity contribution in [2.75, 3.05) is 5.32 Å². The standard InChI is InChI=1S/C31H26ClF2N5OS/c1-20-11-14-23(32)18-28(20)39-29(37-38-31(39)41-19-22-12-15-24(33)16-13-22)27(17-21-7-3-2-4-8-21)36-30(40)35-26-10-6-5-9-25(26)34/h2-16,18,27H,17,19H2,1H3,(H2,35,36,40). The van der Waals surface area contributed by atoms with Crippen LogP contribution in [-0.4, -0.2) is 20.8 Å². The molecule has 1 atom stereocenters. The van der Waals surface area contributed by atoms with Crippen LogP contribution in [0.15, 0.2) is 102 Å². The lowest BCUT2D eigenvalue weighted by atomic mass is 10.0. The van der Waals surface area contributed by atoms with Crippen LogP contribution in [0.3, 0.4) is 0 Å². The lowest BCUT2D eigenvalue weighted by Crippen LogP contribution is -2.35. The predicted molar refractivity (Wildman–Crippen MR) is 159 cm³/mol. The van der Waals surface area contributed by atoms with E-state index in [9.17, 15) is 13.6 Å². The van der Waals surface area contributed by atoms with Crippen molar-refractivity contribution >= 4 is 35.1 Å². The first-order valence-electron chi connectivity index (χ1n) is 12.8. The Morgan fingerprint density at radius 3 is 2.41 bits per heavy atom. The largest absolute Gasteiger partial charge is 0.327 e. The number of hydrogen-bond donors (Lipinski definition) is 2. The van der Waals surface area contributed by atoms with E-state index in [1.54, 1.807) is 30.3 Å². The van der Waals surface area contributed by atoms with Crippen LogP contribution in [0.4, 0.5) is 19.3 Å². The smallest absolute Gasteiger partial charge is 0.319 e. The Morgan fingerprint density at radius 2 is 1.66 bits per heavy atom. The normalized spacial score (nSPS) is 11.7. The van der Waals surface area contributed by atoms with Gasteiger partial charge in [0.25, 0.3) is 0 Å². The second-order valence-electron chi connectivity index (χ2n) is 9.34. The maximum Gasteiger partial charge on any atom is 0.319 e. The summed E-state index contributed by atoms with van der Waals surface area (Å²) in [6.07, 6.45) is 0.395. The van der Waals surface area contributed by atoms with E-state index in [1.165, 1.54) is 36.0 Å². The molecule has 0 bridgehead atoms. The zero-order chi connectivity index (χ0) is 28.8. The average Bonchev–Trinajstić information content (AvgIpc) is 3.39. The van der Waals surface area contributed by atoms with Gasteiger partial charge in [-0.2, -0.15) is 0 Å². The van der Waals surface area contributed by atoms with Crippen molar-refractivity contribution < 1.29 is 13.6 Å². The van der Waals surface area contributed by atoms with Crippen molar-refractivity contribution in [3.05, 3.63) is 136 Å². The number of halogens is 3. The second kappa shape index (κ2) is 13.0. The van der Waals surface area contributed by atoms with E-state index < -0.39 is 17.9 Å². The number of aryl methyl sites for hydroxylation is 1. The number of thioether (sulfide) groups is 1. The molecule has 1 heterocycles. The molecule has 1 unspecified atom stereocenters. The van der Waals surface area contributed by atoms with E-state index in [1.807, 2.05) is 54.0 Å². The number of rotatable bonds is 9. The zero-order valence-corrected chi connectivity index (χ0v) is 23.6. The third-order valence-electron chi connectivity index (χ3n) is 6.37. The minimum atomic E-state index is -0.643. The number of aromatic nitrogens is 3. The fraction of sp³-hybridized carbons (Fsp3) is 0.129. The highest BCUT2D eigenvalue weighted by Gasteiger charge is 2.26. The summed E-state index contributed by atoms with van der Waals surface area (Å²) in [4.78, 5) is 13.1. The van der Waals surface area contributed by atoms with Crippen molar-refractivity contribution in [2.45, 2.75) is 30.3 Å². The maximum atomic E-state index is 14.3. The molecule has 0 saturated carbocycles. The van der Waals surface area contributed by atoms with Gasteiger partial charge in [0.15, 0.2) is 11.0 Å². The third kappa shape index (κ3) is 7.11. The van der Waals surface area contributed by atoms with E-state index in [4.69, 9.17) is 11.6 Å². The summed E-state index contributed by atoms with van der Waals surface area (Å²) < 4.78 is 29.6. The van der Waals surface area contributed by atoms with Gasteiger partial charge in [0.1, 0.15) is 11.6 Å². The Morgan fingerprint density at radius 1 is 0.927 bits per heavy atom. The van der Waals surface area contributed by atoms with E-state index in [-0.39, 0.29) is 11.5 Å². The van der Waals surface area contributed by atoms with Crippen LogP contribution >= 0.6 is 23.4 Å². The van der Waals surface area contributed by atoms with Crippen molar-refractivity contribution in [3.63, 3.8) is 0 Å². The first-order chi connectivity index (χ1) is 19.9. The highest BCUT2D eigenvalue weighted by atomic mass is 35.5. The lowest BCUT2D eigenvalue weighted by Gasteiger charge is -2.21. The molecular weight excluding hydrogens is 564 g/mol. The topological polar surface area (TPSA) is 71.8 Å². The molecule has 2 N–H and O–H groups in total. The van der Waals surface area contributed by atoms with Gasteiger partial charge < -0.3 is 10.6 Å². The molecule has 0 radical (unpaired) electrons. The van der Waals surface area contributed by atoms with Crippen LogP contribution in [0.25, 0.3) is 5.69 Å². The van der Waals surface area contributed by atoms with Gasteiger partial charge in [-0.25, -0.2) is 13.6 Å². The average molecular weight is 590 g/mol. The molecular formula is C31H26ClF2N5OS. The van der Waals surface area contributed by atoms with E-state index >= 15 is 0 Å². The number of carbonyl (C=O) groups is 1. The number of benzene rings is 4. The van der Waals surface area contributed by atoms with Gasteiger partial charge in [-0.05, 0) is 60.0 Å². The van der Waals surface area contributed by atoms with Crippen LogP contribution < -0.4 is 10.6 Å². The number of nitrogens with one attached hydrogen (secondary N) is 2. The van der Waals surface area contributed by atoms with Crippen LogP contribution in [0.1, 0.15) is 28.6 Å². The summed E-state index contributed by atoms with van der Waals surface area (Å²) in [7, 11) is 0. The number of para-hydroxylation sites is 1. The molecule has 0 aliphatic carbocycles. The Kier molecular flexibility index (Phi) is 8.96. The molecule has 208 valence electrons. The predicted octanol–water partition coefficient (Wildman–Crippen LogP) is 7.91. The molecule has 0 aliphatic heterocycles. The van der Waals surface area contributed by atoms with Crippen LogP contribution in [0.5, 0.6) is 0 Å². The molecule has 5 aromatic rings. The molecule has 5 rings (SSSR count). The maximum absolute atomic E-state index is 14.3. The summed E-state index contributed by atoms with van der Waals surface area (Å²) in [6, 6.07) is 26.2. The number of carbonyl (C=O) groups excluding carboxylic acids is 1. The van der Waals surface area contributed by atoms with Gasteiger partial charge in [-0.3, -0.25) is 4.57 Å². The Labute approximate surface area is 245 Å². The van der Waals surface area contributed by atoms with Crippen molar-refractivity contribution in [1.29, 1.82) is 0 Å². The molecule has 10 heteroatoms. The van der Waals surface area contributed by atoms with Gasteiger partial charge in [-0.15, -0.1) is 10.2 Å². The van der Waals surface area contributed by atoms with Crippen molar-refractivity contribution in [2.24, 2.45) is 0 Å². The van der Waals surface area contributed by atoms with Gasteiger partial charge >= 0.3 is 6.03 Å². The van der Waals surface area contributed by atoms with Crippen LogP contribution in [0.2, 0.25) is 5.02 Å². The second-order valence-corrected chi connectivity index (χ2v) is 10.7. The number of anilines is 1. The Balaban J connectivity index is 1.53. The number of hydrogen-bond acceptors (Lipinski definition) is 4. The summed E-state index contributed by atoms with van der Waals surface area (Å²) in [5, 5.41) is 15.7. The SMILES string of the molecule is Cc1ccc(Cl)cc1-n1c(SCc2ccc(F)cc2)nnc1C(Cc1ccccc1)NC(=O)Nc1ccccc1F. The highest BCUT2D eigenvalue weighted by molar-refractivity contribution is 7.98. The first kappa shape index (κ1) is 28.3. The summed E-state index contributed by atoms with van der Waals surface area (Å²) >= 11 is 7.84. The Bertz CT molecular complexity index is 1650. The van der Waals surface area contributed by atoms with Gasteiger partial charge in [0, 0.05) is 17.2 Å². The number of amides is 2. The molecule has 0 spiro atoms. The lowest BCUT2D eigenvalue weighted by molar-refractivity contribution is 0.247. The molecule has 0 aliphatic rings. The Hall–Kier alpha value is -4.21. The number of urea groups is 1. The fourth-order valence-electron chi connectivity index (χ4n) is 4.31. The van der Waals surface area contributed by atoms with Crippen LogP contribution in [0, 0.1) is 18.6 Å². The van der Waals surface area contributed by atoms with Crippen LogP contribution in [-0.2, 0) is 12.2 Å². The third-order valence-corrected chi connectivity index (χ3v) is 7.61. The number of nitrogens with zero attached hydrogens (tertiary/aromatic N) is 3. The van der Waals surface area contributed by atoms with E-state index in [2.05, 4.69) is 20.8 Å². The summed E-state index contributed by atoms with van der Waals surface area (Å²) in [6.45, 7) is 1.95. The zero-order valence-electron chi connectivity index (χ0n) is 22.0. The molecule has 1 aromatic heterocycles. The minimum Gasteiger partial charge on any atom is -0.327 e. The highest BCUT2D eigenvalue weighted by Crippen LogP contribution is 2.31.